The second-order valence-corrected chi connectivity index (χ2v) is 6.09. The molecule has 1 amide bonds. The van der Waals surface area contributed by atoms with Gasteiger partial charge in [0.15, 0.2) is 0 Å². The van der Waals surface area contributed by atoms with E-state index in [-0.39, 0.29) is 5.92 Å². The first kappa shape index (κ1) is 13.8. The van der Waals surface area contributed by atoms with Gasteiger partial charge in [0.25, 0.3) is 0 Å². The molecule has 2 unspecified atom stereocenters. The van der Waals surface area contributed by atoms with Gasteiger partial charge in [-0.05, 0) is 31.2 Å². The molecule has 104 valence electrons. The Balaban J connectivity index is 1.74. The minimum atomic E-state index is 0.250. The van der Waals surface area contributed by atoms with Gasteiger partial charge < -0.3 is 10.6 Å². The molecule has 0 bridgehead atoms. The molecule has 0 spiro atoms. The fourth-order valence-electron chi connectivity index (χ4n) is 2.75. The van der Waals surface area contributed by atoms with Crippen molar-refractivity contribution < 1.29 is 4.79 Å². The number of nitrogens with two attached hydrogens (primary N) is 1. The van der Waals surface area contributed by atoms with Crippen LogP contribution in [0.2, 0.25) is 0 Å². The molecule has 1 saturated heterocycles. The van der Waals surface area contributed by atoms with E-state index < -0.39 is 0 Å². The van der Waals surface area contributed by atoms with Gasteiger partial charge in [-0.2, -0.15) is 0 Å². The van der Waals surface area contributed by atoms with Crippen LogP contribution in [0.3, 0.4) is 0 Å². The summed E-state index contributed by atoms with van der Waals surface area (Å²) in [5.74, 6) is 1.86. The molecule has 2 aliphatic rings. The number of piperazine rings is 1. The fraction of sp³-hybridized carbons (Fsp3) is 0.929. The Bertz CT molecular complexity index is 283. The molecule has 2 atom stereocenters. The van der Waals surface area contributed by atoms with Crippen molar-refractivity contribution in [2.24, 2.45) is 23.5 Å². The van der Waals surface area contributed by atoms with Crippen molar-refractivity contribution in [3.63, 3.8) is 0 Å². The zero-order valence-electron chi connectivity index (χ0n) is 11.8. The number of nitrogens with zero attached hydrogens (tertiary/aromatic N) is 2. The van der Waals surface area contributed by atoms with Gasteiger partial charge in [0.1, 0.15) is 0 Å². The number of carbonyl (C=O) groups is 1. The van der Waals surface area contributed by atoms with Crippen molar-refractivity contribution in [1.82, 2.24) is 9.80 Å². The molecule has 4 nitrogen and oxygen atoms in total. The highest BCUT2D eigenvalue weighted by Crippen LogP contribution is 2.37. The van der Waals surface area contributed by atoms with Crippen LogP contribution >= 0.6 is 0 Å². The van der Waals surface area contributed by atoms with Gasteiger partial charge in [-0.25, -0.2) is 0 Å². The second kappa shape index (κ2) is 6.02. The lowest BCUT2D eigenvalue weighted by Crippen LogP contribution is -2.51. The van der Waals surface area contributed by atoms with Crippen LogP contribution in [-0.4, -0.2) is 55.0 Å². The molecule has 0 aromatic carbocycles. The smallest absolute Gasteiger partial charge is 0.225 e. The highest BCUT2D eigenvalue weighted by atomic mass is 16.2. The Labute approximate surface area is 110 Å². The molecular formula is C14H27N3O. The number of amides is 1. The van der Waals surface area contributed by atoms with Crippen LogP contribution in [0.1, 0.15) is 26.7 Å². The zero-order valence-corrected chi connectivity index (χ0v) is 11.8. The molecule has 18 heavy (non-hydrogen) atoms. The zero-order chi connectivity index (χ0) is 13.1. The second-order valence-electron chi connectivity index (χ2n) is 6.09. The van der Waals surface area contributed by atoms with Gasteiger partial charge in [0.2, 0.25) is 5.91 Å². The molecular weight excluding hydrogens is 226 g/mol. The summed E-state index contributed by atoms with van der Waals surface area (Å²) < 4.78 is 0. The molecule has 2 rings (SSSR count). The molecule has 2 fully saturated rings. The topological polar surface area (TPSA) is 49.6 Å². The van der Waals surface area contributed by atoms with Gasteiger partial charge in [0, 0.05) is 38.6 Å². The van der Waals surface area contributed by atoms with E-state index in [1.165, 1.54) is 12.8 Å². The van der Waals surface area contributed by atoms with Gasteiger partial charge in [0.05, 0.1) is 0 Å². The minimum Gasteiger partial charge on any atom is -0.340 e. The Morgan fingerprint density at radius 2 is 1.83 bits per heavy atom. The Kier molecular flexibility index (Phi) is 4.62. The van der Waals surface area contributed by atoms with Crippen LogP contribution in [0.4, 0.5) is 0 Å². The summed E-state index contributed by atoms with van der Waals surface area (Å²) in [6.07, 6.45) is 2.50. The molecule has 0 aromatic heterocycles. The maximum Gasteiger partial charge on any atom is 0.225 e. The largest absolute Gasteiger partial charge is 0.340 e. The standard InChI is InChI=1S/C14H27N3O/c1-11(9-15)10-16-5-7-17(8-6-16)14(18)12(2)13-3-4-13/h11-13H,3-10,15H2,1-2H3. The summed E-state index contributed by atoms with van der Waals surface area (Å²) in [6.45, 7) is 9.91. The van der Waals surface area contributed by atoms with E-state index in [0.717, 1.165) is 39.3 Å². The van der Waals surface area contributed by atoms with E-state index in [4.69, 9.17) is 5.73 Å². The summed E-state index contributed by atoms with van der Waals surface area (Å²) >= 11 is 0. The van der Waals surface area contributed by atoms with Gasteiger partial charge in [-0.15, -0.1) is 0 Å². The maximum atomic E-state index is 12.3. The molecule has 1 aliphatic heterocycles. The first-order chi connectivity index (χ1) is 8.61. The first-order valence-electron chi connectivity index (χ1n) is 7.33. The molecule has 1 aliphatic carbocycles. The predicted molar refractivity (Wildman–Crippen MR) is 73.1 cm³/mol. The number of carbonyl (C=O) groups excluding carboxylic acids is 1. The lowest BCUT2D eigenvalue weighted by atomic mass is 10.0. The fourth-order valence-corrected chi connectivity index (χ4v) is 2.75. The van der Waals surface area contributed by atoms with Gasteiger partial charge in [-0.3, -0.25) is 9.69 Å². The van der Waals surface area contributed by atoms with Crippen LogP contribution < -0.4 is 5.73 Å². The van der Waals surface area contributed by atoms with E-state index in [0.29, 0.717) is 17.7 Å². The number of rotatable bonds is 5. The molecule has 0 radical (unpaired) electrons. The van der Waals surface area contributed by atoms with Crippen LogP contribution in [0.15, 0.2) is 0 Å². The third-order valence-corrected chi connectivity index (χ3v) is 4.37. The van der Waals surface area contributed by atoms with Crippen LogP contribution in [0.5, 0.6) is 0 Å². The van der Waals surface area contributed by atoms with Crippen molar-refractivity contribution in [3.8, 4) is 0 Å². The Hall–Kier alpha value is -0.610. The summed E-state index contributed by atoms with van der Waals surface area (Å²) in [4.78, 5) is 16.7. The van der Waals surface area contributed by atoms with Crippen molar-refractivity contribution in [3.05, 3.63) is 0 Å². The summed E-state index contributed by atoms with van der Waals surface area (Å²) in [5.41, 5.74) is 5.65. The Morgan fingerprint density at radius 3 is 2.33 bits per heavy atom. The highest BCUT2D eigenvalue weighted by Gasteiger charge is 2.35. The highest BCUT2D eigenvalue weighted by molar-refractivity contribution is 5.79. The average Bonchev–Trinajstić information content (AvgIpc) is 3.22. The van der Waals surface area contributed by atoms with Crippen LogP contribution in [0, 0.1) is 17.8 Å². The molecule has 1 saturated carbocycles. The summed E-state index contributed by atoms with van der Waals surface area (Å²) in [7, 11) is 0. The van der Waals surface area contributed by atoms with E-state index in [2.05, 4.69) is 23.6 Å². The van der Waals surface area contributed by atoms with Crippen LogP contribution in [-0.2, 0) is 4.79 Å². The molecule has 2 N–H and O–H groups in total. The predicted octanol–water partition coefficient (Wildman–Crippen LogP) is 0.772. The lowest BCUT2D eigenvalue weighted by Gasteiger charge is -2.37. The number of hydrogen-bond acceptors (Lipinski definition) is 3. The molecule has 0 aromatic rings. The molecule has 1 heterocycles. The van der Waals surface area contributed by atoms with E-state index in [1.807, 2.05) is 0 Å². The molecule has 4 heteroatoms. The van der Waals surface area contributed by atoms with Crippen molar-refractivity contribution in [2.45, 2.75) is 26.7 Å². The minimum absolute atomic E-state index is 0.250. The van der Waals surface area contributed by atoms with E-state index in [1.54, 1.807) is 0 Å². The van der Waals surface area contributed by atoms with Gasteiger partial charge >= 0.3 is 0 Å². The van der Waals surface area contributed by atoms with Crippen LogP contribution in [0.25, 0.3) is 0 Å². The van der Waals surface area contributed by atoms with Crippen molar-refractivity contribution in [2.75, 3.05) is 39.3 Å². The summed E-state index contributed by atoms with van der Waals surface area (Å²) in [5, 5.41) is 0. The van der Waals surface area contributed by atoms with E-state index in [9.17, 15) is 4.79 Å². The number of hydrogen-bond donors (Lipinski definition) is 1. The Morgan fingerprint density at radius 1 is 1.22 bits per heavy atom. The quantitative estimate of drug-likeness (QED) is 0.787. The van der Waals surface area contributed by atoms with Crippen molar-refractivity contribution >= 4 is 5.91 Å². The normalized spacial score (nSPS) is 24.9. The monoisotopic (exact) mass is 253 g/mol. The first-order valence-corrected chi connectivity index (χ1v) is 7.33. The van der Waals surface area contributed by atoms with Gasteiger partial charge in [-0.1, -0.05) is 13.8 Å². The average molecular weight is 253 g/mol. The van der Waals surface area contributed by atoms with E-state index >= 15 is 0 Å². The van der Waals surface area contributed by atoms with Crippen molar-refractivity contribution in [1.29, 1.82) is 0 Å². The third-order valence-electron chi connectivity index (χ3n) is 4.37. The third kappa shape index (κ3) is 3.45. The maximum absolute atomic E-state index is 12.3. The SMILES string of the molecule is CC(CN)CN1CCN(C(=O)C(C)C2CC2)CC1. The summed E-state index contributed by atoms with van der Waals surface area (Å²) in [6, 6.07) is 0. The lowest BCUT2D eigenvalue weighted by molar-refractivity contribution is -0.137.